The van der Waals surface area contributed by atoms with Crippen molar-refractivity contribution < 1.29 is 32.0 Å². The van der Waals surface area contributed by atoms with Crippen molar-refractivity contribution in [3.63, 3.8) is 0 Å². The molecule has 0 aromatic carbocycles. The van der Waals surface area contributed by atoms with Gasteiger partial charge in [-0.25, -0.2) is 14.8 Å². The third-order valence-corrected chi connectivity index (χ3v) is 8.56. The first-order chi connectivity index (χ1) is 18.8. The average Bonchev–Trinajstić information content (AvgIpc) is 3.57. The lowest BCUT2D eigenvalue weighted by atomic mass is 9.76. The monoisotopic (exact) mass is 550 g/mol. The van der Waals surface area contributed by atoms with Crippen molar-refractivity contribution in [2.75, 3.05) is 18.6 Å². The second-order valence-electron chi connectivity index (χ2n) is 11.0. The molecule has 39 heavy (non-hydrogen) atoms. The van der Waals surface area contributed by atoms with Gasteiger partial charge < -0.3 is 18.9 Å². The number of esters is 1. The van der Waals surface area contributed by atoms with E-state index >= 15 is 0 Å². The lowest BCUT2D eigenvalue weighted by molar-refractivity contribution is -0.187. The molecule has 2 saturated carbocycles. The van der Waals surface area contributed by atoms with Gasteiger partial charge in [0.15, 0.2) is 5.69 Å². The second-order valence-corrected chi connectivity index (χ2v) is 11.0. The Hall–Kier alpha value is -2.69. The van der Waals surface area contributed by atoms with Crippen LogP contribution in [0.1, 0.15) is 110 Å². The minimum absolute atomic E-state index is 0.139. The van der Waals surface area contributed by atoms with Gasteiger partial charge in [-0.05, 0) is 51.4 Å². The molecule has 0 N–H and O–H groups in total. The maximum atomic E-state index is 13.9. The number of hydrogen-bond donors (Lipinski definition) is 0. The number of anilines is 1. The third-order valence-electron chi connectivity index (χ3n) is 8.56. The van der Waals surface area contributed by atoms with E-state index in [0.29, 0.717) is 42.8 Å². The fraction of sp³-hybridized carbons (Fsp3) is 0.714. The molecule has 0 spiro atoms. The van der Waals surface area contributed by atoms with Gasteiger partial charge in [-0.3, -0.25) is 0 Å². The van der Waals surface area contributed by atoms with Crippen LogP contribution < -0.4 is 4.90 Å². The molecule has 2 aliphatic carbocycles. The summed E-state index contributed by atoms with van der Waals surface area (Å²) in [7, 11) is 1.31. The predicted molar refractivity (Wildman–Crippen MR) is 136 cm³/mol. The molecule has 214 valence electrons. The Balaban J connectivity index is 1.25. The van der Waals surface area contributed by atoms with Crippen LogP contribution in [0, 0.1) is 5.92 Å². The molecular formula is C28H37F3N4O4. The summed E-state index contributed by atoms with van der Waals surface area (Å²) in [6, 6.07) is 0.496. The Bertz CT molecular complexity index is 1120. The van der Waals surface area contributed by atoms with Gasteiger partial charge in [0.1, 0.15) is 11.6 Å². The normalized spacial score (nSPS) is 25.7. The average molecular weight is 551 g/mol. The fourth-order valence-electron chi connectivity index (χ4n) is 6.37. The van der Waals surface area contributed by atoms with Crippen LogP contribution in [0.25, 0.3) is 0 Å². The van der Waals surface area contributed by atoms with Gasteiger partial charge in [-0.15, -0.1) is 0 Å². The van der Waals surface area contributed by atoms with Crippen LogP contribution in [0.3, 0.4) is 0 Å². The van der Waals surface area contributed by atoms with Crippen molar-refractivity contribution >= 4 is 11.8 Å². The lowest BCUT2D eigenvalue weighted by Gasteiger charge is -2.32. The summed E-state index contributed by atoms with van der Waals surface area (Å²) in [4.78, 5) is 22.7. The van der Waals surface area contributed by atoms with E-state index in [1.807, 2.05) is 0 Å². The number of aromatic nitrogens is 3. The highest BCUT2D eigenvalue weighted by atomic mass is 19.4. The van der Waals surface area contributed by atoms with Gasteiger partial charge >= 0.3 is 12.1 Å². The maximum absolute atomic E-state index is 13.9. The molecule has 3 unspecified atom stereocenters. The predicted octanol–water partition coefficient (Wildman–Crippen LogP) is 6.32. The van der Waals surface area contributed by atoms with Gasteiger partial charge in [0.2, 0.25) is 0 Å². The topological polar surface area (TPSA) is 90.6 Å². The molecule has 5 rings (SSSR count). The SMILES string of the molecule is CCC1CC[C@@H](CCOCc2c(C3CCCCC3C(F)(F)F)noc2C2CC2)N1c1cnc(C(=O)OC)cn1. The van der Waals surface area contributed by atoms with Crippen LogP contribution in [0.4, 0.5) is 19.0 Å². The number of alkyl halides is 3. The zero-order valence-corrected chi connectivity index (χ0v) is 22.6. The van der Waals surface area contributed by atoms with Gasteiger partial charge in [0, 0.05) is 36.1 Å². The third kappa shape index (κ3) is 6.07. The maximum Gasteiger partial charge on any atom is 0.392 e. The smallest absolute Gasteiger partial charge is 0.392 e. The fourth-order valence-corrected chi connectivity index (χ4v) is 6.37. The highest BCUT2D eigenvalue weighted by Gasteiger charge is 2.48. The molecule has 3 fully saturated rings. The zero-order chi connectivity index (χ0) is 27.6. The van der Waals surface area contributed by atoms with Crippen LogP contribution in [0.2, 0.25) is 0 Å². The number of ether oxygens (including phenoxy) is 2. The molecule has 2 aromatic heterocycles. The zero-order valence-electron chi connectivity index (χ0n) is 22.6. The summed E-state index contributed by atoms with van der Waals surface area (Å²) in [5.74, 6) is -0.917. The van der Waals surface area contributed by atoms with Crippen LogP contribution in [-0.2, 0) is 16.1 Å². The Morgan fingerprint density at radius 1 is 1.08 bits per heavy atom. The number of hydrogen-bond acceptors (Lipinski definition) is 8. The van der Waals surface area contributed by atoms with E-state index in [4.69, 9.17) is 14.0 Å². The van der Waals surface area contributed by atoms with E-state index in [2.05, 4.69) is 26.9 Å². The molecule has 11 heteroatoms. The van der Waals surface area contributed by atoms with E-state index in [-0.39, 0.29) is 30.7 Å². The van der Waals surface area contributed by atoms with E-state index in [0.717, 1.165) is 50.5 Å². The van der Waals surface area contributed by atoms with Crippen molar-refractivity contribution in [1.82, 2.24) is 15.1 Å². The molecule has 2 aromatic rings. The number of nitrogens with zero attached hydrogens (tertiary/aromatic N) is 4. The minimum Gasteiger partial charge on any atom is -0.464 e. The van der Waals surface area contributed by atoms with E-state index < -0.39 is 24.0 Å². The van der Waals surface area contributed by atoms with Crippen molar-refractivity contribution in [3.05, 3.63) is 35.1 Å². The first-order valence-electron chi connectivity index (χ1n) is 14.1. The molecule has 0 bridgehead atoms. The largest absolute Gasteiger partial charge is 0.464 e. The van der Waals surface area contributed by atoms with Crippen molar-refractivity contribution in [2.45, 2.75) is 108 Å². The summed E-state index contributed by atoms with van der Waals surface area (Å²) in [6.45, 7) is 2.80. The molecule has 1 saturated heterocycles. The van der Waals surface area contributed by atoms with Crippen molar-refractivity contribution in [2.24, 2.45) is 5.92 Å². The Morgan fingerprint density at radius 2 is 1.85 bits per heavy atom. The molecule has 8 nitrogen and oxygen atoms in total. The minimum atomic E-state index is -4.25. The van der Waals surface area contributed by atoms with E-state index in [1.165, 1.54) is 13.3 Å². The molecule has 3 aliphatic rings. The molecule has 3 heterocycles. The summed E-state index contributed by atoms with van der Waals surface area (Å²) >= 11 is 0. The highest BCUT2D eigenvalue weighted by Crippen LogP contribution is 2.50. The van der Waals surface area contributed by atoms with Crippen LogP contribution >= 0.6 is 0 Å². The van der Waals surface area contributed by atoms with Gasteiger partial charge in [-0.1, -0.05) is 24.9 Å². The summed E-state index contributed by atoms with van der Waals surface area (Å²) in [5, 5.41) is 4.21. The van der Waals surface area contributed by atoms with Crippen molar-refractivity contribution in [3.8, 4) is 0 Å². The number of carbonyl (C=O) groups excluding carboxylic acids is 1. The number of halogens is 3. The summed E-state index contributed by atoms with van der Waals surface area (Å²) in [5.41, 5.74) is 1.35. The second kappa shape index (κ2) is 11.8. The highest BCUT2D eigenvalue weighted by molar-refractivity contribution is 5.86. The molecule has 0 radical (unpaired) electrons. The molecule has 0 amide bonds. The molecule has 1 aliphatic heterocycles. The number of methoxy groups -OCH3 is 1. The van der Waals surface area contributed by atoms with Crippen LogP contribution in [0.5, 0.6) is 0 Å². The van der Waals surface area contributed by atoms with E-state index in [9.17, 15) is 18.0 Å². The Labute approximate surface area is 226 Å². The first kappa shape index (κ1) is 27.9. The molecule has 4 atom stereocenters. The first-order valence-corrected chi connectivity index (χ1v) is 14.1. The lowest BCUT2D eigenvalue weighted by Crippen LogP contribution is -2.37. The Kier molecular flexibility index (Phi) is 8.44. The number of rotatable bonds is 10. The van der Waals surface area contributed by atoms with Crippen LogP contribution in [-0.4, -0.2) is 53.1 Å². The van der Waals surface area contributed by atoms with Gasteiger partial charge in [-0.2, -0.15) is 13.2 Å². The van der Waals surface area contributed by atoms with Gasteiger partial charge in [0.25, 0.3) is 0 Å². The summed E-state index contributed by atoms with van der Waals surface area (Å²) < 4.78 is 58.1. The molecular weight excluding hydrogens is 513 g/mol. The summed E-state index contributed by atoms with van der Waals surface area (Å²) in [6.07, 6.45) is 6.40. The number of carbonyl (C=O) groups is 1. The standard InChI is InChI=1S/C28H37F3N4O4/c1-3-18-10-11-19(35(18)24-15-32-23(14-33-24)27(36)37-2)12-13-38-16-21-25(34-39-26(21)17-8-9-17)20-6-4-5-7-22(20)28(29,30)31/h14-15,17-20,22H,3-13,16H2,1-2H3/t18?,19-,20?,22?/m0/s1. The van der Waals surface area contributed by atoms with Crippen LogP contribution in [0.15, 0.2) is 16.9 Å². The Morgan fingerprint density at radius 3 is 2.51 bits per heavy atom. The quantitative estimate of drug-likeness (QED) is 0.251. The van der Waals surface area contributed by atoms with Crippen molar-refractivity contribution in [1.29, 1.82) is 0 Å². The van der Waals surface area contributed by atoms with Gasteiger partial charge in [0.05, 0.1) is 37.7 Å². The van der Waals surface area contributed by atoms with E-state index in [1.54, 1.807) is 6.20 Å².